The summed E-state index contributed by atoms with van der Waals surface area (Å²) < 4.78 is 5.60. The third kappa shape index (κ3) is 6.09. The van der Waals surface area contributed by atoms with E-state index in [1.165, 1.54) is 23.8 Å². The number of rotatable bonds is 9. The van der Waals surface area contributed by atoms with Crippen molar-refractivity contribution in [1.29, 1.82) is 0 Å². The highest BCUT2D eigenvalue weighted by Gasteiger charge is 2.19. The zero-order valence-corrected chi connectivity index (χ0v) is 18.0. The molecule has 0 aliphatic rings. The van der Waals surface area contributed by atoms with Crippen molar-refractivity contribution in [3.05, 3.63) is 100 Å². The van der Waals surface area contributed by atoms with Crippen LogP contribution < -0.4 is 4.74 Å². The molecule has 0 bridgehead atoms. The molecule has 1 N–H and O–H groups in total. The van der Waals surface area contributed by atoms with Gasteiger partial charge < -0.3 is 14.7 Å². The molecule has 0 unspecified atom stereocenters. The fourth-order valence-corrected chi connectivity index (χ4v) is 3.50. The lowest BCUT2D eigenvalue weighted by Crippen LogP contribution is -2.34. The van der Waals surface area contributed by atoms with E-state index in [-0.39, 0.29) is 28.8 Å². The van der Waals surface area contributed by atoms with Crippen LogP contribution in [0, 0.1) is 0 Å². The molecule has 0 saturated heterocycles. The first-order chi connectivity index (χ1) is 15.0. The molecule has 0 radical (unpaired) electrons. The van der Waals surface area contributed by atoms with Gasteiger partial charge in [0.25, 0.3) is 5.91 Å². The number of carbonyl (C=O) groups excluding carboxylic acids is 1. The van der Waals surface area contributed by atoms with Gasteiger partial charge >= 0.3 is 5.97 Å². The van der Waals surface area contributed by atoms with E-state index < -0.39 is 5.97 Å². The van der Waals surface area contributed by atoms with Gasteiger partial charge in [0.2, 0.25) is 0 Å². The Balaban J connectivity index is 1.80. The highest BCUT2D eigenvalue weighted by molar-refractivity contribution is 6.31. The molecule has 3 aromatic carbocycles. The van der Waals surface area contributed by atoms with Crippen molar-refractivity contribution >= 4 is 23.5 Å². The van der Waals surface area contributed by atoms with Gasteiger partial charge in [-0.05, 0) is 41.3 Å². The van der Waals surface area contributed by atoms with E-state index in [1.807, 2.05) is 48.5 Å². The molecule has 3 aromatic rings. The number of carboxylic acids is 1. The molecule has 6 heteroatoms. The first kappa shape index (κ1) is 22.4. The maximum absolute atomic E-state index is 13.1. The van der Waals surface area contributed by atoms with Crippen molar-refractivity contribution in [3.63, 3.8) is 0 Å². The molecule has 0 spiro atoms. The number of ether oxygens (including phenoxy) is 1. The SMILES string of the molecule is CCc1ccccc1CN(Cc1ccccc1)C(=O)COc1ccc(Cl)cc1C(=O)O. The number of benzene rings is 3. The number of aromatic carboxylic acids is 1. The largest absolute Gasteiger partial charge is 0.483 e. The van der Waals surface area contributed by atoms with Crippen molar-refractivity contribution in [2.24, 2.45) is 0 Å². The van der Waals surface area contributed by atoms with Gasteiger partial charge in [0.1, 0.15) is 11.3 Å². The van der Waals surface area contributed by atoms with Crippen LogP contribution in [0.15, 0.2) is 72.8 Å². The van der Waals surface area contributed by atoms with Crippen LogP contribution in [-0.2, 0) is 24.3 Å². The van der Waals surface area contributed by atoms with E-state index in [1.54, 1.807) is 4.90 Å². The van der Waals surface area contributed by atoms with Crippen LogP contribution in [0.1, 0.15) is 34.0 Å². The Morgan fingerprint density at radius 3 is 2.29 bits per heavy atom. The summed E-state index contributed by atoms with van der Waals surface area (Å²) in [6.07, 6.45) is 0.868. The Labute approximate surface area is 186 Å². The molecule has 3 rings (SSSR count). The monoisotopic (exact) mass is 437 g/mol. The van der Waals surface area contributed by atoms with E-state index in [0.717, 1.165) is 17.5 Å². The Morgan fingerprint density at radius 2 is 1.61 bits per heavy atom. The van der Waals surface area contributed by atoms with Gasteiger partial charge in [-0.15, -0.1) is 0 Å². The van der Waals surface area contributed by atoms with Gasteiger partial charge in [-0.2, -0.15) is 0 Å². The number of aryl methyl sites for hydroxylation is 1. The predicted molar refractivity (Wildman–Crippen MR) is 120 cm³/mol. The summed E-state index contributed by atoms with van der Waals surface area (Å²) in [6.45, 7) is 2.67. The van der Waals surface area contributed by atoms with Crippen LogP contribution in [0.4, 0.5) is 0 Å². The van der Waals surface area contributed by atoms with Crippen LogP contribution in [0.5, 0.6) is 5.75 Å². The average Bonchev–Trinajstić information content (AvgIpc) is 2.78. The summed E-state index contributed by atoms with van der Waals surface area (Å²) in [5.74, 6) is -1.29. The second-order valence-electron chi connectivity index (χ2n) is 7.09. The average molecular weight is 438 g/mol. The standard InChI is InChI=1S/C25H24ClNO4/c1-2-19-10-6-7-11-20(19)16-27(15-18-8-4-3-5-9-18)24(28)17-31-23-13-12-21(26)14-22(23)25(29)30/h3-14H,2,15-17H2,1H3,(H,29,30). The van der Waals surface area contributed by atoms with E-state index in [2.05, 4.69) is 13.0 Å². The molecule has 160 valence electrons. The van der Waals surface area contributed by atoms with Crippen LogP contribution in [-0.4, -0.2) is 28.5 Å². The molecule has 0 aliphatic heterocycles. The molecule has 0 saturated carbocycles. The third-order valence-electron chi connectivity index (χ3n) is 4.95. The maximum atomic E-state index is 13.1. The van der Waals surface area contributed by atoms with Gasteiger partial charge in [-0.1, -0.05) is 73.1 Å². The smallest absolute Gasteiger partial charge is 0.339 e. The maximum Gasteiger partial charge on any atom is 0.339 e. The quantitative estimate of drug-likeness (QED) is 0.499. The lowest BCUT2D eigenvalue weighted by molar-refractivity contribution is -0.134. The fourth-order valence-electron chi connectivity index (χ4n) is 3.32. The number of hydrogen-bond acceptors (Lipinski definition) is 3. The third-order valence-corrected chi connectivity index (χ3v) is 5.19. The minimum atomic E-state index is -1.16. The molecular weight excluding hydrogens is 414 g/mol. The summed E-state index contributed by atoms with van der Waals surface area (Å²) in [4.78, 5) is 26.3. The predicted octanol–water partition coefficient (Wildman–Crippen LogP) is 5.21. The normalized spacial score (nSPS) is 10.5. The van der Waals surface area contributed by atoms with Gasteiger partial charge in [0.05, 0.1) is 0 Å². The molecule has 0 heterocycles. The minimum absolute atomic E-state index is 0.0776. The first-order valence-electron chi connectivity index (χ1n) is 10.0. The van der Waals surface area contributed by atoms with Gasteiger partial charge in [-0.3, -0.25) is 4.79 Å². The first-order valence-corrected chi connectivity index (χ1v) is 10.4. The number of nitrogens with zero attached hydrogens (tertiary/aromatic N) is 1. The molecule has 5 nitrogen and oxygen atoms in total. The molecule has 0 fully saturated rings. The summed E-state index contributed by atoms with van der Waals surface area (Å²) in [7, 11) is 0. The Hall–Kier alpha value is -3.31. The van der Waals surface area contributed by atoms with Crippen LogP contribution in [0.3, 0.4) is 0 Å². The Bertz CT molecular complexity index is 1050. The summed E-state index contributed by atoms with van der Waals surface area (Å²) in [5, 5.41) is 9.67. The van der Waals surface area contributed by atoms with E-state index in [9.17, 15) is 14.7 Å². The highest BCUT2D eigenvalue weighted by atomic mass is 35.5. The van der Waals surface area contributed by atoms with Gasteiger partial charge in [0, 0.05) is 18.1 Å². The topological polar surface area (TPSA) is 66.8 Å². The van der Waals surface area contributed by atoms with E-state index in [4.69, 9.17) is 16.3 Å². The highest BCUT2D eigenvalue weighted by Crippen LogP contribution is 2.23. The van der Waals surface area contributed by atoms with E-state index in [0.29, 0.717) is 13.1 Å². The Kier molecular flexibility index (Phi) is 7.68. The van der Waals surface area contributed by atoms with Crippen LogP contribution in [0.2, 0.25) is 5.02 Å². The van der Waals surface area contributed by atoms with Gasteiger partial charge in [-0.25, -0.2) is 4.79 Å². The summed E-state index contributed by atoms with van der Waals surface area (Å²) in [6, 6.07) is 22.1. The molecule has 0 aliphatic carbocycles. The number of amides is 1. The fraction of sp³-hybridized carbons (Fsp3) is 0.200. The molecule has 0 atom stereocenters. The second kappa shape index (κ2) is 10.6. The molecule has 1 amide bonds. The molecule has 0 aromatic heterocycles. The van der Waals surface area contributed by atoms with Crippen molar-refractivity contribution in [2.45, 2.75) is 26.4 Å². The number of halogens is 1. The van der Waals surface area contributed by atoms with Gasteiger partial charge in [0.15, 0.2) is 6.61 Å². The zero-order valence-electron chi connectivity index (χ0n) is 17.3. The zero-order chi connectivity index (χ0) is 22.2. The second-order valence-corrected chi connectivity index (χ2v) is 7.53. The van der Waals surface area contributed by atoms with E-state index >= 15 is 0 Å². The van der Waals surface area contributed by atoms with Crippen molar-refractivity contribution < 1.29 is 19.4 Å². The van der Waals surface area contributed by atoms with Crippen molar-refractivity contribution in [2.75, 3.05) is 6.61 Å². The van der Waals surface area contributed by atoms with Crippen LogP contribution >= 0.6 is 11.6 Å². The lowest BCUT2D eigenvalue weighted by atomic mass is 10.0. The number of carboxylic acid groups (broad SMARTS) is 1. The Morgan fingerprint density at radius 1 is 0.935 bits per heavy atom. The number of carbonyl (C=O) groups is 2. The number of hydrogen-bond donors (Lipinski definition) is 1. The van der Waals surface area contributed by atoms with Crippen LogP contribution in [0.25, 0.3) is 0 Å². The minimum Gasteiger partial charge on any atom is -0.483 e. The van der Waals surface area contributed by atoms with Crippen molar-refractivity contribution in [1.82, 2.24) is 4.90 Å². The summed E-state index contributed by atoms with van der Waals surface area (Å²) in [5.41, 5.74) is 3.18. The summed E-state index contributed by atoms with van der Waals surface area (Å²) >= 11 is 5.89. The molecular formula is C25H24ClNO4. The van der Waals surface area contributed by atoms with Crippen molar-refractivity contribution in [3.8, 4) is 5.75 Å². The molecule has 31 heavy (non-hydrogen) atoms. The lowest BCUT2D eigenvalue weighted by Gasteiger charge is -2.24.